The van der Waals surface area contributed by atoms with Gasteiger partial charge in [0.15, 0.2) is 5.25 Å². The van der Waals surface area contributed by atoms with Crippen molar-refractivity contribution < 1.29 is 18.3 Å². The minimum atomic E-state index is -3.84. The van der Waals surface area contributed by atoms with E-state index in [1.807, 2.05) is 24.3 Å². The van der Waals surface area contributed by atoms with Crippen LogP contribution in [0.2, 0.25) is 0 Å². The Kier molecular flexibility index (Phi) is 5.17. The number of hydrogen-bond acceptors (Lipinski definition) is 3. The molecule has 0 radical (unpaired) electrons. The number of carbonyl (C=O) groups is 1. The highest BCUT2D eigenvalue weighted by Crippen LogP contribution is 2.22. The third-order valence-electron chi connectivity index (χ3n) is 3.45. The molecule has 0 fully saturated rings. The smallest absolute Gasteiger partial charge is 0.323 e. The van der Waals surface area contributed by atoms with Crippen LogP contribution in [0.15, 0.2) is 24.3 Å². The van der Waals surface area contributed by atoms with Gasteiger partial charge in [0.2, 0.25) is 10.0 Å². The largest absolute Gasteiger partial charge is 0.480 e. The summed E-state index contributed by atoms with van der Waals surface area (Å²) in [7, 11) is -2.45. The molecule has 1 N–H and O–H groups in total. The van der Waals surface area contributed by atoms with Crippen LogP contribution >= 0.6 is 0 Å². The van der Waals surface area contributed by atoms with E-state index in [2.05, 4.69) is 20.8 Å². The lowest BCUT2D eigenvalue weighted by atomic mass is 9.87. The molecule has 0 saturated heterocycles. The average molecular weight is 313 g/mol. The highest BCUT2D eigenvalue weighted by atomic mass is 32.2. The number of aliphatic carboxylic acids is 1. The second-order valence-corrected chi connectivity index (χ2v) is 8.59. The first-order valence-electron chi connectivity index (χ1n) is 6.73. The third kappa shape index (κ3) is 4.28. The van der Waals surface area contributed by atoms with Crippen molar-refractivity contribution in [1.29, 1.82) is 0 Å². The van der Waals surface area contributed by atoms with Gasteiger partial charge in [-0.15, -0.1) is 0 Å². The molecule has 0 heterocycles. The van der Waals surface area contributed by atoms with E-state index in [-0.39, 0.29) is 12.0 Å². The topological polar surface area (TPSA) is 74.7 Å². The molecule has 6 heteroatoms. The molecule has 0 bridgehead atoms. The maximum absolute atomic E-state index is 12.0. The molecular weight excluding hydrogens is 290 g/mol. The molecule has 0 aromatic heterocycles. The SMILES string of the molecule is CC(C(=O)O)S(=O)(=O)N(C)Cc1ccc(C(C)(C)C)cc1. The van der Waals surface area contributed by atoms with Crippen LogP contribution in [0.25, 0.3) is 0 Å². The van der Waals surface area contributed by atoms with Gasteiger partial charge < -0.3 is 5.11 Å². The van der Waals surface area contributed by atoms with E-state index in [1.165, 1.54) is 14.0 Å². The minimum Gasteiger partial charge on any atom is -0.480 e. The summed E-state index contributed by atoms with van der Waals surface area (Å²) < 4.78 is 25.2. The van der Waals surface area contributed by atoms with Crippen molar-refractivity contribution in [3.8, 4) is 0 Å². The summed E-state index contributed by atoms with van der Waals surface area (Å²) in [5, 5.41) is 7.40. The minimum absolute atomic E-state index is 0.0360. The normalized spacial score (nSPS) is 14.2. The molecule has 118 valence electrons. The summed E-state index contributed by atoms with van der Waals surface area (Å²) in [6.45, 7) is 7.65. The summed E-state index contributed by atoms with van der Waals surface area (Å²) in [4.78, 5) is 10.9. The summed E-state index contributed by atoms with van der Waals surface area (Å²) in [5.74, 6) is -1.34. The van der Waals surface area contributed by atoms with Gasteiger partial charge in [0, 0.05) is 13.6 Å². The summed E-state index contributed by atoms with van der Waals surface area (Å²) in [5.41, 5.74) is 2.02. The van der Waals surface area contributed by atoms with Gasteiger partial charge >= 0.3 is 5.97 Å². The monoisotopic (exact) mass is 313 g/mol. The fourth-order valence-corrected chi connectivity index (χ4v) is 2.98. The predicted octanol–water partition coefficient (Wildman–Crippen LogP) is 2.22. The third-order valence-corrected chi connectivity index (χ3v) is 5.55. The Morgan fingerprint density at radius 1 is 1.24 bits per heavy atom. The van der Waals surface area contributed by atoms with Crippen molar-refractivity contribution in [2.75, 3.05) is 7.05 Å². The molecule has 1 aromatic rings. The van der Waals surface area contributed by atoms with Crippen LogP contribution in [0.4, 0.5) is 0 Å². The molecule has 0 aliphatic heterocycles. The van der Waals surface area contributed by atoms with E-state index in [1.54, 1.807) is 0 Å². The van der Waals surface area contributed by atoms with Crippen molar-refractivity contribution in [3.05, 3.63) is 35.4 Å². The summed E-state index contributed by atoms with van der Waals surface area (Å²) in [6.07, 6.45) is 0. The molecule has 0 spiro atoms. The van der Waals surface area contributed by atoms with E-state index in [0.29, 0.717) is 0 Å². The second-order valence-electron chi connectivity index (χ2n) is 6.23. The highest BCUT2D eigenvalue weighted by Gasteiger charge is 2.31. The summed E-state index contributed by atoms with van der Waals surface area (Å²) in [6, 6.07) is 7.68. The molecule has 1 atom stereocenters. The van der Waals surface area contributed by atoms with Gasteiger partial charge in [-0.25, -0.2) is 8.42 Å². The van der Waals surface area contributed by atoms with Crippen LogP contribution in [0.3, 0.4) is 0 Å². The van der Waals surface area contributed by atoms with Crippen molar-refractivity contribution in [2.45, 2.75) is 44.9 Å². The molecule has 1 rings (SSSR count). The fraction of sp³-hybridized carbons (Fsp3) is 0.533. The van der Waals surface area contributed by atoms with Gasteiger partial charge in [0.05, 0.1) is 0 Å². The number of benzene rings is 1. The molecule has 5 nitrogen and oxygen atoms in total. The van der Waals surface area contributed by atoms with Gasteiger partial charge in [-0.3, -0.25) is 4.79 Å². The van der Waals surface area contributed by atoms with Gasteiger partial charge in [-0.2, -0.15) is 4.31 Å². The lowest BCUT2D eigenvalue weighted by molar-refractivity contribution is -0.136. The second kappa shape index (κ2) is 6.15. The zero-order valence-corrected chi connectivity index (χ0v) is 13.9. The zero-order valence-electron chi connectivity index (χ0n) is 13.1. The summed E-state index contributed by atoms with van der Waals surface area (Å²) >= 11 is 0. The van der Waals surface area contributed by atoms with Crippen LogP contribution in [0.5, 0.6) is 0 Å². The van der Waals surface area contributed by atoms with Crippen LogP contribution < -0.4 is 0 Å². The molecule has 1 aromatic carbocycles. The Balaban J connectivity index is 2.89. The van der Waals surface area contributed by atoms with Crippen molar-refractivity contribution in [1.82, 2.24) is 4.31 Å². The lowest BCUT2D eigenvalue weighted by Crippen LogP contribution is -2.38. The van der Waals surface area contributed by atoms with Gasteiger partial charge in [0.25, 0.3) is 0 Å². The number of nitrogens with zero attached hydrogens (tertiary/aromatic N) is 1. The number of hydrogen-bond donors (Lipinski definition) is 1. The van der Waals surface area contributed by atoms with Crippen molar-refractivity contribution >= 4 is 16.0 Å². The van der Waals surface area contributed by atoms with E-state index in [4.69, 9.17) is 5.11 Å². The molecule has 0 aliphatic rings. The van der Waals surface area contributed by atoms with Gasteiger partial charge in [-0.1, -0.05) is 45.0 Å². The van der Waals surface area contributed by atoms with Gasteiger partial charge in [0.1, 0.15) is 0 Å². The lowest BCUT2D eigenvalue weighted by Gasteiger charge is -2.21. The Bertz CT molecular complexity index is 600. The maximum atomic E-state index is 12.0. The van der Waals surface area contributed by atoms with Crippen LogP contribution in [0, 0.1) is 0 Å². The first-order valence-corrected chi connectivity index (χ1v) is 8.24. The molecule has 0 aliphatic carbocycles. The van der Waals surface area contributed by atoms with E-state index < -0.39 is 21.2 Å². The quantitative estimate of drug-likeness (QED) is 0.904. The predicted molar refractivity (Wildman–Crippen MR) is 82.6 cm³/mol. The molecule has 0 saturated carbocycles. The Hall–Kier alpha value is -1.40. The maximum Gasteiger partial charge on any atom is 0.323 e. The van der Waals surface area contributed by atoms with Crippen molar-refractivity contribution in [2.24, 2.45) is 0 Å². The molecule has 21 heavy (non-hydrogen) atoms. The Labute approximate surface area is 126 Å². The van der Waals surface area contributed by atoms with Crippen molar-refractivity contribution in [3.63, 3.8) is 0 Å². The Morgan fingerprint density at radius 3 is 2.10 bits per heavy atom. The van der Waals surface area contributed by atoms with Crippen LogP contribution in [0.1, 0.15) is 38.8 Å². The number of sulfonamides is 1. The zero-order chi connectivity index (χ0) is 16.4. The average Bonchev–Trinajstić information content (AvgIpc) is 2.37. The van der Waals surface area contributed by atoms with Crippen LogP contribution in [-0.4, -0.2) is 36.1 Å². The van der Waals surface area contributed by atoms with Crippen LogP contribution in [-0.2, 0) is 26.8 Å². The van der Waals surface area contributed by atoms with E-state index >= 15 is 0 Å². The first kappa shape index (κ1) is 17.7. The van der Waals surface area contributed by atoms with E-state index in [0.717, 1.165) is 15.4 Å². The standard InChI is InChI=1S/C15H23NO4S/c1-11(14(17)18)21(19,20)16(5)10-12-6-8-13(9-7-12)15(2,3)4/h6-9,11H,10H2,1-5H3,(H,17,18). The van der Waals surface area contributed by atoms with E-state index in [9.17, 15) is 13.2 Å². The number of carboxylic acids is 1. The Morgan fingerprint density at radius 2 is 1.71 bits per heavy atom. The fourth-order valence-electron chi connectivity index (χ4n) is 1.85. The molecular formula is C15H23NO4S. The molecule has 0 amide bonds. The van der Waals surface area contributed by atoms with Gasteiger partial charge in [-0.05, 0) is 23.5 Å². The number of rotatable bonds is 5. The first-order chi connectivity index (χ1) is 9.46. The highest BCUT2D eigenvalue weighted by molar-refractivity contribution is 7.90. The number of carboxylic acid groups (broad SMARTS) is 1. The molecule has 1 unspecified atom stereocenters.